The molecule has 2 aromatic heterocycles. The van der Waals surface area contributed by atoms with Crippen LogP contribution >= 0.6 is 0 Å². The molecule has 0 saturated heterocycles. The number of anilines is 2. The standard InChI is InChI=1S/C20H28N6/c1-13(2)26(14(3)4)10-9-23-19-12-18(24-20(21)25-19)15-5-6-17-16(11-15)7-8-22-17/h5-8,11-14,22H,9-10H2,1-4H3,(H3,21,23,24,25). The second kappa shape index (κ2) is 7.74. The Morgan fingerprint density at radius 2 is 1.85 bits per heavy atom. The second-order valence-electron chi connectivity index (χ2n) is 7.13. The summed E-state index contributed by atoms with van der Waals surface area (Å²) < 4.78 is 0. The van der Waals surface area contributed by atoms with Gasteiger partial charge in [-0.25, -0.2) is 4.98 Å². The fourth-order valence-electron chi connectivity index (χ4n) is 3.34. The van der Waals surface area contributed by atoms with Crippen molar-refractivity contribution in [2.75, 3.05) is 24.1 Å². The zero-order valence-electron chi connectivity index (χ0n) is 16.0. The Balaban J connectivity index is 1.75. The van der Waals surface area contributed by atoms with Gasteiger partial charge in [-0.15, -0.1) is 0 Å². The lowest BCUT2D eigenvalue weighted by Gasteiger charge is -2.30. The van der Waals surface area contributed by atoms with Crippen LogP contribution in [-0.2, 0) is 0 Å². The van der Waals surface area contributed by atoms with E-state index in [1.807, 2.05) is 18.3 Å². The summed E-state index contributed by atoms with van der Waals surface area (Å²) in [6, 6.07) is 11.2. The predicted octanol–water partition coefficient (Wildman–Crippen LogP) is 3.74. The minimum atomic E-state index is 0.281. The lowest BCUT2D eigenvalue weighted by molar-refractivity contribution is 0.182. The first-order chi connectivity index (χ1) is 12.4. The van der Waals surface area contributed by atoms with E-state index in [9.17, 15) is 0 Å². The van der Waals surface area contributed by atoms with Gasteiger partial charge in [-0.3, -0.25) is 4.90 Å². The van der Waals surface area contributed by atoms with Crippen molar-refractivity contribution in [3.8, 4) is 11.3 Å². The van der Waals surface area contributed by atoms with Crippen molar-refractivity contribution in [2.45, 2.75) is 39.8 Å². The van der Waals surface area contributed by atoms with E-state index in [0.717, 1.165) is 41.1 Å². The summed E-state index contributed by atoms with van der Waals surface area (Å²) in [7, 11) is 0. The van der Waals surface area contributed by atoms with Crippen LogP contribution in [0.25, 0.3) is 22.2 Å². The topological polar surface area (TPSA) is 82.9 Å². The number of nitrogen functional groups attached to an aromatic ring is 1. The average molecular weight is 352 g/mol. The first-order valence-corrected chi connectivity index (χ1v) is 9.15. The van der Waals surface area contributed by atoms with Crippen molar-refractivity contribution in [1.29, 1.82) is 0 Å². The smallest absolute Gasteiger partial charge is 0.222 e. The molecule has 0 amide bonds. The predicted molar refractivity (Wildman–Crippen MR) is 109 cm³/mol. The lowest BCUT2D eigenvalue weighted by Crippen LogP contribution is -2.40. The van der Waals surface area contributed by atoms with E-state index in [1.165, 1.54) is 0 Å². The Hall–Kier alpha value is -2.60. The normalized spacial score (nSPS) is 11.8. The zero-order chi connectivity index (χ0) is 18.7. The number of nitrogens with two attached hydrogens (primary N) is 1. The molecule has 138 valence electrons. The van der Waals surface area contributed by atoms with Gasteiger partial charge in [0.2, 0.25) is 5.95 Å². The molecule has 0 atom stereocenters. The van der Waals surface area contributed by atoms with E-state index in [1.54, 1.807) is 0 Å². The molecule has 0 spiro atoms. The number of nitrogens with zero attached hydrogens (tertiary/aromatic N) is 3. The first-order valence-electron chi connectivity index (χ1n) is 9.15. The number of benzene rings is 1. The number of H-pyrrole nitrogens is 1. The molecular weight excluding hydrogens is 324 g/mol. The summed E-state index contributed by atoms with van der Waals surface area (Å²) in [5.74, 6) is 1.04. The third-order valence-corrected chi connectivity index (χ3v) is 4.60. The Morgan fingerprint density at radius 3 is 2.58 bits per heavy atom. The van der Waals surface area contributed by atoms with E-state index in [0.29, 0.717) is 12.1 Å². The summed E-state index contributed by atoms with van der Waals surface area (Å²) in [4.78, 5) is 14.4. The van der Waals surface area contributed by atoms with Crippen LogP contribution in [0.4, 0.5) is 11.8 Å². The number of aromatic amines is 1. The molecule has 1 aromatic carbocycles. The van der Waals surface area contributed by atoms with Crippen molar-refractivity contribution in [3.63, 3.8) is 0 Å². The largest absolute Gasteiger partial charge is 0.369 e. The molecule has 0 bridgehead atoms. The zero-order valence-corrected chi connectivity index (χ0v) is 16.0. The summed E-state index contributed by atoms with van der Waals surface area (Å²) in [6.07, 6.45) is 1.94. The quantitative estimate of drug-likeness (QED) is 0.603. The van der Waals surface area contributed by atoms with Crippen molar-refractivity contribution in [3.05, 3.63) is 36.5 Å². The molecule has 2 heterocycles. The van der Waals surface area contributed by atoms with Gasteiger partial charge in [0.1, 0.15) is 5.82 Å². The molecule has 0 aliphatic carbocycles. The summed E-state index contributed by atoms with van der Waals surface area (Å²) in [5.41, 5.74) is 8.90. The minimum absolute atomic E-state index is 0.281. The highest BCUT2D eigenvalue weighted by molar-refractivity contribution is 5.84. The number of fused-ring (bicyclic) bond motifs is 1. The maximum Gasteiger partial charge on any atom is 0.222 e. The van der Waals surface area contributed by atoms with Gasteiger partial charge in [-0.05, 0) is 45.9 Å². The SMILES string of the molecule is CC(C)N(CCNc1cc(-c2ccc3[nH]ccc3c2)nc(N)n1)C(C)C. The summed E-state index contributed by atoms with van der Waals surface area (Å²) in [6.45, 7) is 10.6. The number of hydrogen-bond donors (Lipinski definition) is 3. The van der Waals surface area contributed by atoms with E-state index < -0.39 is 0 Å². The van der Waals surface area contributed by atoms with Crippen LogP contribution in [0.1, 0.15) is 27.7 Å². The van der Waals surface area contributed by atoms with E-state index in [4.69, 9.17) is 5.73 Å². The Labute approximate surface area is 154 Å². The lowest BCUT2D eigenvalue weighted by atomic mass is 10.1. The number of nitrogens with one attached hydrogen (secondary N) is 2. The molecule has 0 fully saturated rings. The van der Waals surface area contributed by atoms with Crippen LogP contribution in [0, 0.1) is 0 Å². The molecule has 6 nitrogen and oxygen atoms in total. The Morgan fingerprint density at radius 1 is 1.08 bits per heavy atom. The fourth-order valence-corrected chi connectivity index (χ4v) is 3.34. The summed E-state index contributed by atoms with van der Waals surface area (Å²) in [5, 5.41) is 4.54. The Bertz CT molecular complexity index is 860. The van der Waals surface area contributed by atoms with Crippen LogP contribution in [0.5, 0.6) is 0 Å². The van der Waals surface area contributed by atoms with Crippen molar-refractivity contribution < 1.29 is 0 Å². The number of aromatic nitrogens is 3. The third kappa shape index (κ3) is 4.14. The highest BCUT2D eigenvalue weighted by atomic mass is 15.2. The van der Waals surface area contributed by atoms with E-state index >= 15 is 0 Å². The monoisotopic (exact) mass is 352 g/mol. The van der Waals surface area contributed by atoms with Crippen molar-refractivity contribution in [1.82, 2.24) is 19.9 Å². The van der Waals surface area contributed by atoms with Gasteiger partial charge >= 0.3 is 0 Å². The molecule has 0 radical (unpaired) electrons. The molecule has 26 heavy (non-hydrogen) atoms. The van der Waals surface area contributed by atoms with Gasteiger partial charge in [0.05, 0.1) is 5.69 Å². The molecule has 0 saturated carbocycles. The van der Waals surface area contributed by atoms with Crippen LogP contribution < -0.4 is 11.1 Å². The highest BCUT2D eigenvalue weighted by Gasteiger charge is 2.13. The third-order valence-electron chi connectivity index (χ3n) is 4.60. The van der Waals surface area contributed by atoms with Gasteiger partial charge in [0, 0.05) is 53.9 Å². The average Bonchev–Trinajstić information content (AvgIpc) is 3.05. The molecule has 4 N–H and O–H groups in total. The van der Waals surface area contributed by atoms with Crippen molar-refractivity contribution >= 4 is 22.7 Å². The molecule has 0 aliphatic rings. The second-order valence-corrected chi connectivity index (χ2v) is 7.13. The molecule has 6 heteroatoms. The van der Waals surface area contributed by atoms with Crippen LogP contribution in [0.3, 0.4) is 0 Å². The van der Waals surface area contributed by atoms with Crippen LogP contribution in [0.15, 0.2) is 36.5 Å². The Kier molecular flexibility index (Phi) is 5.42. The van der Waals surface area contributed by atoms with E-state index in [2.05, 4.69) is 71.1 Å². The molecule has 3 rings (SSSR count). The summed E-state index contributed by atoms with van der Waals surface area (Å²) >= 11 is 0. The fraction of sp³-hybridized carbons (Fsp3) is 0.400. The van der Waals surface area contributed by atoms with Gasteiger partial charge in [0.15, 0.2) is 0 Å². The maximum atomic E-state index is 5.94. The van der Waals surface area contributed by atoms with Crippen LogP contribution in [0.2, 0.25) is 0 Å². The van der Waals surface area contributed by atoms with Gasteiger partial charge in [-0.1, -0.05) is 6.07 Å². The maximum absolute atomic E-state index is 5.94. The van der Waals surface area contributed by atoms with Crippen LogP contribution in [-0.4, -0.2) is 45.0 Å². The van der Waals surface area contributed by atoms with Gasteiger partial charge in [0.25, 0.3) is 0 Å². The van der Waals surface area contributed by atoms with Gasteiger partial charge in [-0.2, -0.15) is 4.98 Å². The van der Waals surface area contributed by atoms with Gasteiger partial charge < -0.3 is 16.0 Å². The highest BCUT2D eigenvalue weighted by Crippen LogP contribution is 2.24. The number of rotatable bonds is 7. The van der Waals surface area contributed by atoms with E-state index in [-0.39, 0.29) is 5.95 Å². The number of hydrogen-bond acceptors (Lipinski definition) is 5. The molecule has 0 unspecified atom stereocenters. The molecular formula is C20H28N6. The van der Waals surface area contributed by atoms with Crippen molar-refractivity contribution in [2.24, 2.45) is 0 Å². The molecule has 3 aromatic rings. The molecule has 0 aliphatic heterocycles. The minimum Gasteiger partial charge on any atom is -0.369 e. The first kappa shape index (κ1) is 18.2.